The van der Waals surface area contributed by atoms with E-state index in [-0.39, 0.29) is 34.3 Å². The molecule has 3 rings (SSSR count). The topological polar surface area (TPSA) is 56.2 Å². The normalized spacial score (nSPS) is 10.9. The van der Waals surface area contributed by atoms with Crippen LogP contribution in [-0.4, -0.2) is 22.3 Å². The van der Waals surface area contributed by atoms with Crippen LogP contribution in [0.3, 0.4) is 0 Å². The number of anilines is 1. The number of carbonyl (C=O) groups excluding carboxylic acids is 1. The number of hydrogen-bond donors (Lipinski definition) is 1. The largest absolute Gasteiger partial charge is 0.434 e. The zero-order valence-corrected chi connectivity index (χ0v) is 16.3. The van der Waals surface area contributed by atoms with Gasteiger partial charge < -0.3 is 10.1 Å². The van der Waals surface area contributed by atoms with E-state index in [1.807, 2.05) is 0 Å². The fourth-order valence-electron chi connectivity index (χ4n) is 2.42. The molecular formula is C18H12BrClF3N3O2. The van der Waals surface area contributed by atoms with E-state index in [0.29, 0.717) is 4.47 Å². The van der Waals surface area contributed by atoms with Gasteiger partial charge in [0.1, 0.15) is 11.6 Å². The van der Waals surface area contributed by atoms with Crippen molar-refractivity contribution in [1.29, 1.82) is 0 Å². The second-order valence-corrected chi connectivity index (χ2v) is 6.89. The molecule has 0 spiro atoms. The van der Waals surface area contributed by atoms with Crippen LogP contribution in [-0.2, 0) is 6.54 Å². The van der Waals surface area contributed by atoms with E-state index >= 15 is 0 Å². The van der Waals surface area contributed by atoms with Crippen LogP contribution in [0.2, 0.25) is 5.02 Å². The number of carbonyl (C=O) groups is 1. The summed E-state index contributed by atoms with van der Waals surface area (Å²) in [7, 11) is 0. The highest BCUT2D eigenvalue weighted by molar-refractivity contribution is 9.10. The van der Waals surface area contributed by atoms with Gasteiger partial charge in [0.25, 0.3) is 5.91 Å². The molecule has 0 aliphatic heterocycles. The number of benzene rings is 2. The second kappa shape index (κ2) is 8.66. The fraction of sp³-hybridized carbons (Fsp3) is 0.111. The molecule has 0 saturated heterocycles. The zero-order valence-electron chi connectivity index (χ0n) is 14.0. The SMILES string of the molecule is O=C(Nc1ccn(Cc2c(F)cccc2Cl)n1)c1cc(Br)ccc1OC(F)F. The Morgan fingerprint density at radius 2 is 2.07 bits per heavy atom. The summed E-state index contributed by atoms with van der Waals surface area (Å²) >= 11 is 9.17. The van der Waals surface area contributed by atoms with Crippen molar-refractivity contribution < 1.29 is 22.7 Å². The lowest BCUT2D eigenvalue weighted by Crippen LogP contribution is -2.16. The molecule has 5 nitrogen and oxygen atoms in total. The number of halogens is 5. The van der Waals surface area contributed by atoms with Gasteiger partial charge in [0.15, 0.2) is 5.82 Å². The predicted molar refractivity (Wildman–Crippen MR) is 101 cm³/mol. The maximum Gasteiger partial charge on any atom is 0.387 e. The van der Waals surface area contributed by atoms with Crippen LogP contribution in [0.4, 0.5) is 19.0 Å². The molecule has 3 aromatic rings. The van der Waals surface area contributed by atoms with Crippen molar-refractivity contribution in [3.05, 3.63) is 75.1 Å². The first-order valence-corrected chi connectivity index (χ1v) is 9.02. The van der Waals surface area contributed by atoms with E-state index in [1.165, 1.54) is 47.3 Å². The molecule has 1 heterocycles. The van der Waals surface area contributed by atoms with Gasteiger partial charge >= 0.3 is 6.61 Å². The standard InChI is InChI=1S/C18H12BrClF3N3O2/c19-10-4-5-15(28-18(22)23)11(8-10)17(27)24-16-6-7-26(25-16)9-12-13(20)2-1-3-14(12)21/h1-8,18H,9H2,(H,24,25,27). The minimum absolute atomic E-state index is 0.0536. The first-order chi connectivity index (χ1) is 13.3. The third-order valence-electron chi connectivity index (χ3n) is 3.67. The van der Waals surface area contributed by atoms with E-state index in [1.54, 1.807) is 6.07 Å². The van der Waals surface area contributed by atoms with Crippen molar-refractivity contribution in [3.8, 4) is 5.75 Å². The van der Waals surface area contributed by atoms with Crippen LogP contribution in [0.15, 0.2) is 53.1 Å². The van der Waals surface area contributed by atoms with Crippen molar-refractivity contribution in [2.24, 2.45) is 0 Å². The van der Waals surface area contributed by atoms with Crippen LogP contribution in [0.25, 0.3) is 0 Å². The quantitative estimate of drug-likeness (QED) is 0.525. The van der Waals surface area contributed by atoms with Crippen LogP contribution in [0.1, 0.15) is 15.9 Å². The average Bonchev–Trinajstić information content (AvgIpc) is 3.06. The minimum atomic E-state index is -3.07. The Morgan fingerprint density at radius 3 is 2.79 bits per heavy atom. The summed E-state index contributed by atoms with van der Waals surface area (Å²) in [5, 5.41) is 6.87. The van der Waals surface area contributed by atoms with Crippen LogP contribution < -0.4 is 10.1 Å². The summed E-state index contributed by atoms with van der Waals surface area (Å²) in [5.41, 5.74) is 0.158. The van der Waals surface area contributed by atoms with E-state index in [2.05, 4.69) is 31.1 Å². The summed E-state index contributed by atoms with van der Waals surface area (Å²) in [6, 6.07) is 9.90. The molecule has 0 saturated carbocycles. The summed E-state index contributed by atoms with van der Waals surface area (Å²) in [4.78, 5) is 12.5. The summed E-state index contributed by atoms with van der Waals surface area (Å²) in [6.07, 6.45) is 1.52. The first-order valence-electron chi connectivity index (χ1n) is 7.85. The number of aromatic nitrogens is 2. The second-order valence-electron chi connectivity index (χ2n) is 5.57. The van der Waals surface area contributed by atoms with Gasteiger partial charge in [0.05, 0.1) is 12.1 Å². The monoisotopic (exact) mass is 473 g/mol. The molecule has 1 amide bonds. The lowest BCUT2D eigenvalue weighted by Gasteiger charge is -2.10. The van der Waals surface area contributed by atoms with Crippen molar-refractivity contribution in [2.45, 2.75) is 13.2 Å². The molecule has 0 bridgehead atoms. The smallest absolute Gasteiger partial charge is 0.387 e. The number of alkyl halides is 2. The third kappa shape index (κ3) is 4.85. The van der Waals surface area contributed by atoms with Crippen molar-refractivity contribution in [2.75, 3.05) is 5.32 Å². The number of amides is 1. The van der Waals surface area contributed by atoms with Crippen molar-refractivity contribution in [3.63, 3.8) is 0 Å². The van der Waals surface area contributed by atoms with Gasteiger partial charge in [0, 0.05) is 27.3 Å². The van der Waals surface area contributed by atoms with Gasteiger partial charge in [-0.25, -0.2) is 4.39 Å². The Kier molecular flexibility index (Phi) is 6.25. The minimum Gasteiger partial charge on any atom is -0.434 e. The Balaban J connectivity index is 1.77. The Labute approximate surface area is 171 Å². The Hall–Kier alpha value is -2.52. The van der Waals surface area contributed by atoms with E-state index < -0.39 is 18.3 Å². The molecular weight excluding hydrogens is 463 g/mol. The number of rotatable bonds is 6. The lowest BCUT2D eigenvalue weighted by molar-refractivity contribution is -0.0501. The number of hydrogen-bond acceptors (Lipinski definition) is 3. The van der Waals surface area contributed by atoms with Crippen LogP contribution in [0, 0.1) is 5.82 Å². The number of nitrogens with zero attached hydrogens (tertiary/aromatic N) is 2. The molecule has 0 atom stereocenters. The van der Waals surface area contributed by atoms with Gasteiger partial charge in [-0.2, -0.15) is 13.9 Å². The maximum absolute atomic E-state index is 13.9. The zero-order chi connectivity index (χ0) is 20.3. The molecule has 1 aromatic heterocycles. The van der Waals surface area contributed by atoms with E-state index in [9.17, 15) is 18.0 Å². The van der Waals surface area contributed by atoms with Gasteiger partial charge in [0.2, 0.25) is 0 Å². The Morgan fingerprint density at radius 1 is 1.29 bits per heavy atom. The van der Waals surface area contributed by atoms with Crippen LogP contribution >= 0.6 is 27.5 Å². The molecule has 0 radical (unpaired) electrons. The molecule has 0 fully saturated rings. The van der Waals surface area contributed by atoms with Gasteiger partial charge in [-0.15, -0.1) is 0 Å². The summed E-state index contributed by atoms with van der Waals surface area (Å²) in [6.45, 7) is -3.02. The molecule has 2 aromatic carbocycles. The summed E-state index contributed by atoms with van der Waals surface area (Å²) < 4.78 is 45.2. The predicted octanol–water partition coefficient (Wildman–Crippen LogP) is 5.34. The fourth-order valence-corrected chi connectivity index (χ4v) is 3.01. The molecule has 1 N–H and O–H groups in total. The molecule has 0 aliphatic rings. The van der Waals surface area contributed by atoms with E-state index in [0.717, 1.165) is 0 Å². The average molecular weight is 475 g/mol. The highest BCUT2D eigenvalue weighted by Crippen LogP contribution is 2.26. The summed E-state index contributed by atoms with van der Waals surface area (Å²) in [5.74, 6) is -1.28. The number of ether oxygens (including phenoxy) is 1. The van der Waals surface area contributed by atoms with Crippen molar-refractivity contribution >= 4 is 39.3 Å². The first kappa shape index (κ1) is 20.2. The Bertz CT molecular complexity index is 993. The highest BCUT2D eigenvalue weighted by atomic mass is 79.9. The lowest BCUT2D eigenvalue weighted by atomic mass is 10.2. The van der Waals surface area contributed by atoms with Gasteiger partial charge in [-0.3, -0.25) is 9.48 Å². The maximum atomic E-state index is 13.9. The molecule has 10 heteroatoms. The molecule has 28 heavy (non-hydrogen) atoms. The number of nitrogens with one attached hydrogen (secondary N) is 1. The van der Waals surface area contributed by atoms with Crippen molar-refractivity contribution in [1.82, 2.24) is 9.78 Å². The molecule has 146 valence electrons. The highest BCUT2D eigenvalue weighted by Gasteiger charge is 2.18. The van der Waals surface area contributed by atoms with E-state index in [4.69, 9.17) is 11.6 Å². The van der Waals surface area contributed by atoms with Gasteiger partial charge in [-0.05, 0) is 30.3 Å². The molecule has 0 unspecified atom stereocenters. The molecule has 0 aliphatic carbocycles. The van der Waals surface area contributed by atoms with Crippen LogP contribution in [0.5, 0.6) is 5.75 Å². The van der Waals surface area contributed by atoms with Gasteiger partial charge in [-0.1, -0.05) is 33.6 Å². The third-order valence-corrected chi connectivity index (χ3v) is 4.51.